The van der Waals surface area contributed by atoms with E-state index in [-0.39, 0.29) is 5.92 Å². The number of likely N-dealkylation sites (tertiary alicyclic amines) is 1. The highest BCUT2D eigenvalue weighted by atomic mass is 16.1. The van der Waals surface area contributed by atoms with E-state index in [1.807, 2.05) is 20.0 Å². The normalized spacial score (nSPS) is 22.8. The number of benzene rings is 1. The molecule has 0 amide bonds. The van der Waals surface area contributed by atoms with Gasteiger partial charge in [0.1, 0.15) is 5.78 Å². The van der Waals surface area contributed by atoms with Gasteiger partial charge < -0.3 is 0 Å². The fourth-order valence-electron chi connectivity index (χ4n) is 5.71. The molecule has 0 radical (unpaired) electrons. The molecular formula is C29H43N3O. The second kappa shape index (κ2) is 11.0. The molecule has 4 heteroatoms. The zero-order valence-electron chi connectivity index (χ0n) is 21.2. The summed E-state index contributed by atoms with van der Waals surface area (Å²) < 4.78 is 2.15. The van der Waals surface area contributed by atoms with Crippen molar-refractivity contribution >= 4 is 5.78 Å². The largest absolute Gasteiger partial charge is 0.299 e. The van der Waals surface area contributed by atoms with Crippen LogP contribution in [0.5, 0.6) is 0 Å². The van der Waals surface area contributed by atoms with Gasteiger partial charge in [-0.3, -0.25) is 14.4 Å². The van der Waals surface area contributed by atoms with E-state index in [1.54, 1.807) is 0 Å². The molecule has 33 heavy (non-hydrogen) atoms. The molecule has 4 rings (SSSR count). The molecule has 0 unspecified atom stereocenters. The second-order valence-corrected chi connectivity index (χ2v) is 11.2. The lowest BCUT2D eigenvalue weighted by Gasteiger charge is -2.32. The van der Waals surface area contributed by atoms with Gasteiger partial charge in [-0.05, 0) is 86.1 Å². The van der Waals surface area contributed by atoms with E-state index < -0.39 is 0 Å². The van der Waals surface area contributed by atoms with Gasteiger partial charge in [0.05, 0.1) is 6.20 Å². The quantitative estimate of drug-likeness (QED) is 0.467. The first-order valence-corrected chi connectivity index (χ1v) is 13.3. The van der Waals surface area contributed by atoms with Crippen molar-refractivity contribution in [2.75, 3.05) is 13.1 Å². The summed E-state index contributed by atoms with van der Waals surface area (Å²) in [7, 11) is 0. The lowest BCUT2D eigenvalue weighted by atomic mass is 9.75. The predicted octanol–water partition coefficient (Wildman–Crippen LogP) is 6.42. The summed E-state index contributed by atoms with van der Waals surface area (Å²) >= 11 is 0. The fourth-order valence-corrected chi connectivity index (χ4v) is 5.71. The molecule has 1 saturated heterocycles. The molecule has 0 N–H and O–H groups in total. The van der Waals surface area contributed by atoms with E-state index in [0.29, 0.717) is 23.5 Å². The zero-order valence-corrected chi connectivity index (χ0v) is 21.2. The molecule has 2 heterocycles. The maximum absolute atomic E-state index is 12.3. The molecule has 4 nitrogen and oxygen atoms in total. The minimum Gasteiger partial charge on any atom is -0.299 e. The van der Waals surface area contributed by atoms with E-state index in [2.05, 4.69) is 59.0 Å². The highest BCUT2D eigenvalue weighted by Crippen LogP contribution is 2.37. The van der Waals surface area contributed by atoms with Crippen molar-refractivity contribution in [2.24, 2.45) is 17.8 Å². The highest BCUT2D eigenvalue weighted by Gasteiger charge is 2.28. The number of rotatable bonds is 8. The molecule has 0 bridgehead atoms. The van der Waals surface area contributed by atoms with Crippen molar-refractivity contribution in [1.29, 1.82) is 0 Å². The summed E-state index contributed by atoms with van der Waals surface area (Å²) in [4.78, 5) is 14.9. The average Bonchev–Trinajstić information content (AvgIpc) is 3.29. The van der Waals surface area contributed by atoms with Crippen molar-refractivity contribution in [3.63, 3.8) is 0 Å². The first-order chi connectivity index (χ1) is 15.9. The highest BCUT2D eigenvalue weighted by molar-refractivity contribution is 5.82. The van der Waals surface area contributed by atoms with E-state index in [0.717, 1.165) is 44.7 Å². The summed E-state index contributed by atoms with van der Waals surface area (Å²) in [6.07, 6.45) is 11.2. The van der Waals surface area contributed by atoms with Gasteiger partial charge in [0, 0.05) is 31.1 Å². The SMILES string of the molecule is CC(C)c1cnn(CC2CCN(Cc3ccc([C@H]4CC[C@@H](C(=O)C(C)C)CC4)cc3)CC2)c1. The number of Topliss-reactive ketones (excluding diaryl/α,β-unsaturated/α-hetero) is 1. The van der Waals surface area contributed by atoms with Crippen LogP contribution in [0.25, 0.3) is 0 Å². The standard InChI is InChI=1S/C29H43N3O/c1-21(2)28-17-30-32(20-28)19-24-13-15-31(16-14-24)18-23-5-7-25(8-6-23)26-9-11-27(12-10-26)29(33)22(3)4/h5-8,17,20-22,24,26-27H,9-16,18-19H2,1-4H3/t26-,27+. The number of nitrogens with zero attached hydrogens (tertiary/aromatic N) is 3. The molecule has 1 aliphatic carbocycles. The summed E-state index contributed by atoms with van der Waals surface area (Å²) in [5, 5.41) is 4.57. The topological polar surface area (TPSA) is 38.1 Å². The molecule has 2 fully saturated rings. The monoisotopic (exact) mass is 449 g/mol. The van der Waals surface area contributed by atoms with Gasteiger partial charge in [-0.25, -0.2) is 0 Å². The second-order valence-electron chi connectivity index (χ2n) is 11.2. The Kier molecular flexibility index (Phi) is 8.06. The van der Waals surface area contributed by atoms with Gasteiger partial charge in [0.15, 0.2) is 0 Å². The molecule has 180 valence electrons. The smallest absolute Gasteiger partial charge is 0.138 e. The lowest BCUT2D eigenvalue weighted by Crippen LogP contribution is -2.34. The number of piperidine rings is 1. The van der Waals surface area contributed by atoms with Gasteiger partial charge in [-0.1, -0.05) is 52.0 Å². The summed E-state index contributed by atoms with van der Waals surface area (Å²) in [5.74, 6) is 2.87. The van der Waals surface area contributed by atoms with Crippen LogP contribution in [0.3, 0.4) is 0 Å². The van der Waals surface area contributed by atoms with Crippen LogP contribution < -0.4 is 0 Å². The van der Waals surface area contributed by atoms with Crippen LogP contribution in [0, 0.1) is 17.8 Å². The molecule has 1 aromatic carbocycles. The summed E-state index contributed by atoms with van der Waals surface area (Å²) in [5.41, 5.74) is 4.23. The summed E-state index contributed by atoms with van der Waals surface area (Å²) in [6.45, 7) is 13.0. The third-order valence-corrected chi connectivity index (χ3v) is 8.03. The Bertz CT molecular complexity index is 882. The van der Waals surface area contributed by atoms with Crippen LogP contribution in [-0.4, -0.2) is 33.6 Å². The van der Waals surface area contributed by atoms with Crippen molar-refractivity contribution in [3.05, 3.63) is 53.3 Å². The third-order valence-electron chi connectivity index (χ3n) is 8.03. The third kappa shape index (κ3) is 6.35. The van der Waals surface area contributed by atoms with E-state index in [1.165, 1.54) is 42.6 Å². The molecule has 1 saturated carbocycles. The van der Waals surface area contributed by atoms with Gasteiger partial charge >= 0.3 is 0 Å². The van der Waals surface area contributed by atoms with Crippen LogP contribution in [0.15, 0.2) is 36.7 Å². The van der Waals surface area contributed by atoms with Gasteiger partial charge in [0.2, 0.25) is 0 Å². The zero-order chi connectivity index (χ0) is 23.4. The Labute approximate surface area is 200 Å². The molecule has 1 aromatic heterocycles. The van der Waals surface area contributed by atoms with Crippen LogP contribution in [0.1, 0.15) is 94.7 Å². The van der Waals surface area contributed by atoms with Crippen molar-refractivity contribution in [3.8, 4) is 0 Å². The average molecular weight is 450 g/mol. The van der Waals surface area contributed by atoms with E-state index >= 15 is 0 Å². The number of hydrogen-bond acceptors (Lipinski definition) is 3. The van der Waals surface area contributed by atoms with Crippen molar-refractivity contribution in [1.82, 2.24) is 14.7 Å². The first-order valence-electron chi connectivity index (χ1n) is 13.3. The van der Waals surface area contributed by atoms with Gasteiger partial charge in [-0.15, -0.1) is 0 Å². The minimum atomic E-state index is 0.180. The maximum Gasteiger partial charge on any atom is 0.138 e. The lowest BCUT2D eigenvalue weighted by molar-refractivity contribution is -0.126. The van der Waals surface area contributed by atoms with Crippen molar-refractivity contribution in [2.45, 2.75) is 91.1 Å². The maximum atomic E-state index is 12.3. The Morgan fingerprint density at radius 3 is 2.21 bits per heavy atom. The van der Waals surface area contributed by atoms with Gasteiger partial charge in [0.25, 0.3) is 0 Å². The van der Waals surface area contributed by atoms with Crippen molar-refractivity contribution < 1.29 is 4.79 Å². The van der Waals surface area contributed by atoms with Gasteiger partial charge in [-0.2, -0.15) is 5.10 Å². The number of carbonyl (C=O) groups excluding carboxylic acids is 1. The molecule has 2 aliphatic rings. The number of hydrogen-bond donors (Lipinski definition) is 0. The first kappa shape index (κ1) is 24.2. The Morgan fingerprint density at radius 1 is 0.970 bits per heavy atom. The number of aromatic nitrogens is 2. The van der Waals surface area contributed by atoms with Crippen LogP contribution in [0.2, 0.25) is 0 Å². The molecule has 1 aliphatic heterocycles. The minimum absolute atomic E-state index is 0.180. The molecule has 0 spiro atoms. The Morgan fingerprint density at radius 2 is 1.64 bits per heavy atom. The van der Waals surface area contributed by atoms with Crippen LogP contribution >= 0.6 is 0 Å². The molecule has 0 atom stereocenters. The molecule has 2 aromatic rings. The number of carbonyl (C=O) groups is 1. The fraction of sp³-hybridized carbons (Fsp3) is 0.655. The summed E-state index contributed by atoms with van der Waals surface area (Å²) in [6, 6.07) is 9.37. The van der Waals surface area contributed by atoms with E-state index in [4.69, 9.17) is 0 Å². The van der Waals surface area contributed by atoms with Crippen LogP contribution in [-0.2, 0) is 17.9 Å². The number of ketones is 1. The predicted molar refractivity (Wildman–Crippen MR) is 135 cm³/mol. The Hall–Kier alpha value is -1.94. The Balaban J connectivity index is 1.21. The van der Waals surface area contributed by atoms with E-state index in [9.17, 15) is 4.79 Å². The molecular weight excluding hydrogens is 406 g/mol. The van der Waals surface area contributed by atoms with Crippen LogP contribution in [0.4, 0.5) is 0 Å².